The van der Waals surface area contributed by atoms with Gasteiger partial charge in [0, 0.05) is 23.5 Å². The first kappa shape index (κ1) is 18.0. The standard InChI is InChI=1S/C16H28N2O2S/c1-11(2)14(13-8-7-9-21-13)18-12(3)10-17-15(19)20-16(4,5)6/h7-9,11-12,14,18H,10H2,1-6H3,(H,17,19). The van der Waals surface area contributed by atoms with Gasteiger partial charge in [-0.05, 0) is 45.1 Å². The van der Waals surface area contributed by atoms with Crippen molar-refractivity contribution in [2.45, 2.75) is 59.2 Å². The Morgan fingerprint density at radius 3 is 2.48 bits per heavy atom. The fraction of sp³-hybridized carbons (Fsp3) is 0.688. The maximum atomic E-state index is 11.7. The van der Waals surface area contributed by atoms with Gasteiger partial charge in [-0.1, -0.05) is 19.9 Å². The lowest BCUT2D eigenvalue weighted by Gasteiger charge is -2.26. The van der Waals surface area contributed by atoms with Crippen molar-refractivity contribution in [3.63, 3.8) is 0 Å². The average molecular weight is 312 g/mol. The Morgan fingerprint density at radius 2 is 2.00 bits per heavy atom. The maximum absolute atomic E-state index is 11.7. The Kier molecular flexibility index (Phi) is 6.68. The molecule has 1 heterocycles. The van der Waals surface area contributed by atoms with Crippen LogP contribution < -0.4 is 10.6 Å². The molecule has 1 rings (SSSR count). The SMILES string of the molecule is CC(CNC(=O)OC(C)(C)C)NC(c1cccs1)C(C)C. The van der Waals surface area contributed by atoms with Gasteiger partial charge < -0.3 is 15.4 Å². The summed E-state index contributed by atoms with van der Waals surface area (Å²) in [6.45, 7) is 12.6. The molecule has 0 bridgehead atoms. The summed E-state index contributed by atoms with van der Waals surface area (Å²) in [6.07, 6.45) is -0.367. The molecule has 1 amide bonds. The Morgan fingerprint density at radius 1 is 1.33 bits per heavy atom. The average Bonchev–Trinajstić information content (AvgIpc) is 2.84. The van der Waals surface area contributed by atoms with E-state index in [2.05, 4.69) is 48.9 Å². The van der Waals surface area contributed by atoms with Crippen LogP contribution in [0.5, 0.6) is 0 Å². The Bertz CT molecular complexity index is 424. The molecule has 0 saturated carbocycles. The van der Waals surface area contributed by atoms with Crippen LogP contribution in [-0.2, 0) is 4.74 Å². The second-order valence-corrected chi connectivity index (χ2v) is 7.67. The summed E-state index contributed by atoms with van der Waals surface area (Å²) in [5.41, 5.74) is -0.460. The zero-order valence-corrected chi connectivity index (χ0v) is 14.7. The molecule has 1 aromatic heterocycles. The summed E-state index contributed by atoms with van der Waals surface area (Å²) in [6, 6.07) is 4.70. The first-order valence-corrected chi connectivity index (χ1v) is 8.33. The van der Waals surface area contributed by atoms with Crippen LogP contribution in [0.1, 0.15) is 52.5 Å². The summed E-state index contributed by atoms with van der Waals surface area (Å²) in [5.74, 6) is 0.493. The van der Waals surface area contributed by atoms with Gasteiger partial charge in [-0.25, -0.2) is 4.79 Å². The number of nitrogens with one attached hydrogen (secondary N) is 2. The lowest BCUT2D eigenvalue weighted by Crippen LogP contribution is -2.43. The van der Waals surface area contributed by atoms with Gasteiger partial charge in [-0.15, -0.1) is 11.3 Å². The van der Waals surface area contributed by atoms with Crippen LogP contribution in [0.15, 0.2) is 17.5 Å². The highest BCUT2D eigenvalue weighted by Gasteiger charge is 2.20. The quantitative estimate of drug-likeness (QED) is 0.836. The molecule has 0 aliphatic rings. The van der Waals surface area contributed by atoms with Crippen molar-refractivity contribution in [3.05, 3.63) is 22.4 Å². The monoisotopic (exact) mass is 312 g/mol. The van der Waals surface area contributed by atoms with E-state index in [0.717, 1.165) is 0 Å². The van der Waals surface area contributed by atoms with Crippen LogP contribution in [0, 0.1) is 5.92 Å². The number of hydrogen-bond donors (Lipinski definition) is 2. The third-order valence-electron chi connectivity index (χ3n) is 2.93. The summed E-state index contributed by atoms with van der Waals surface area (Å²) >= 11 is 1.76. The van der Waals surface area contributed by atoms with Gasteiger partial charge in [0.2, 0.25) is 0 Å². The van der Waals surface area contributed by atoms with Gasteiger partial charge in [0.1, 0.15) is 5.60 Å². The summed E-state index contributed by atoms with van der Waals surface area (Å²) in [5, 5.41) is 8.48. The van der Waals surface area contributed by atoms with Crippen LogP contribution in [0.25, 0.3) is 0 Å². The van der Waals surface area contributed by atoms with Gasteiger partial charge in [-0.2, -0.15) is 0 Å². The highest BCUT2D eigenvalue weighted by molar-refractivity contribution is 7.10. The minimum atomic E-state index is -0.460. The highest BCUT2D eigenvalue weighted by atomic mass is 32.1. The van der Waals surface area contributed by atoms with Crippen molar-refractivity contribution in [2.75, 3.05) is 6.54 Å². The number of thiophene rings is 1. The first-order chi connectivity index (χ1) is 9.69. The van der Waals surface area contributed by atoms with E-state index in [9.17, 15) is 4.79 Å². The van der Waals surface area contributed by atoms with Crippen molar-refractivity contribution in [1.29, 1.82) is 0 Å². The molecule has 5 heteroatoms. The molecule has 1 aromatic rings. The summed E-state index contributed by atoms with van der Waals surface area (Å²) < 4.78 is 5.24. The Hall–Kier alpha value is -1.07. The largest absolute Gasteiger partial charge is 0.444 e. The Balaban J connectivity index is 2.45. The van der Waals surface area contributed by atoms with Crippen molar-refractivity contribution in [3.8, 4) is 0 Å². The van der Waals surface area contributed by atoms with Gasteiger partial charge in [0.05, 0.1) is 0 Å². The topological polar surface area (TPSA) is 50.4 Å². The minimum Gasteiger partial charge on any atom is -0.444 e. The van der Waals surface area contributed by atoms with Crippen LogP contribution >= 0.6 is 11.3 Å². The van der Waals surface area contributed by atoms with Crippen molar-refractivity contribution in [1.82, 2.24) is 10.6 Å². The molecule has 2 unspecified atom stereocenters. The van der Waals surface area contributed by atoms with E-state index in [4.69, 9.17) is 4.74 Å². The van der Waals surface area contributed by atoms with Crippen LogP contribution in [0.2, 0.25) is 0 Å². The molecular formula is C16H28N2O2S. The lowest BCUT2D eigenvalue weighted by molar-refractivity contribution is 0.0522. The van der Waals surface area contributed by atoms with E-state index >= 15 is 0 Å². The maximum Gasteiger partial charge on any atom is 0.407 e. The third-order valence-corrected chi connectivity index (χ3v) is 3.89. The fourth-order valence-electron chi connectivity index (χ4n) is 1.99. The molecule has 2 atom stereocenters. The van der Waals surface area contributed by atoms with Gasteiger partial charge in [0.15, 0.2) is 0 Å². The number of ether oxygens (including phenoxy) is 1. The number of amides is 1. The number of carbonyl (C=O) groups excluding carboxylic acids is 1. The van der Waals surface area contributed by atoms with E-state index in [1.54, 1.807) is 11.3 Å². The minimum absolute atomic E-state index is 0.173. The molecule has 0 saturated heterocycles. The molecule has 21 heavy (non-hydrogen) atoms. The van der Waals surface area contributed by atoms with Crippen molar-refractivity contribution < 1.29 is 9.53 Å². The number of carbonyl (C=O) groups is 1. The van der Waals surface area contributed by atoms with E-state index in [-0.39, 0.29) is 12.1 Å². The van der Waals surface area contributed by atoms with Crippen molar-refractivity contribution in [2.24, 2.45) is 5.92 Å². The van der Waals surface area contributed by atoms with E-state index < -0.39 is 5.60 Å². The smallest absolute Gasteiger partial charge is 0.407 e. The normalized spacial score (nSPS) is 14.8. The van der Waals surface area contributed by atoms with E-state index in [1.807, 2.05) is 20.8 Å². The molecule has 0 aliphatic heterocycles. The first-order valence-electron chi connectivity index (χ1n) is 7.45. The summed E-state index contributed by atoms with van der Waals surface area (Å²) in [4.78, 5) is 13.0. The predicted molar refractivity (Wildman–Crippen MR) is 88.7 cm³/mol. The predicted octanol–water partition coefficient (Wildman–Crippen LogP) is 3.95. The molecule has 120 valence electrons. The van der Waals surface area contributed by atoms with E-state index in [1.165, 1.54) is 4.88 Å². The molecule has 0 aromatic carbocycles. The molecule has 0 radical (unpaired) electrons. The second-order valence-electron chi connectivity index (χ2n) is 6.69. The van der Waals surface area contributed by atoms with E-state index in [0.29, 0.717) is 18.5 Å². The molecule has 4 nitrogen and oxygen atoms in total. The molecule has 0 spiro atoms. The molecular weight excluding hydrogens is 284 g/mol. The van der Waals surface area contributed by atoms with Gasteiger partial charge in [0.25, 0.3) is 0 Å². The van der Waals surface area contributed by atoms with Gasteiger partial charge in [-0.3, -0.25) is 0 Å². The molecule has 0 aliphatic carbocycles. The lowest BCUT2D eigenvalue weighted by atomic mass is 10.0. The van der Waals surface area contributed by atoms with Gasteiger partial charge >= 0.3 is 6.09 Å². The number of alkyl carbamates (subject to hydrolysis) is 1. The van der Waals surface area contributed by atoms with Crippen LogP contribution in [-0.4, -0.2) is 24.3 Å². The summed E-state index contributed by atoms with van der Waals surface area (Å²) in [7, 11) is 0. The zero-order valence-electron chi connectivity index (χ0n) is 13.9. The molecule has 2 N–H and O–H groups in total. The number of rotatable bonds is 6. The molecule has 0 fully saturated rings. The Labute approximate surface area is 132 Å². The highest BCUT2D eigenvalue weighted by Crippen LogP contribution is 2.26. The zero-order chi connectivity index (χ0) is 16.0. The third kappa shape index (κ3) is 6.96. The fourth-order valence-corrected chi connectivity index (χ4v) is 2.95. The number of hydrogen-bond acceptors (Lipinski definition) is 4. The van der Waals surface area contributed by atoms with Crippen LogP contribution in [0.4, 0.5) is 4.79 Å². The second kappa shape index (κ2) is 7.80. The van der Waals surface area contributed by atoms with Crippen LogP contribution in [0.3, 0.4) is 0 Å². The van der Waals surface area contributed by atoms with Crippen molar-refractivity contribution >= 4 is 17.4 Å².